The first kappa shape index (κ1) is 28.8. The van der Waals surface area contributed by atoms with Crippen molar-refractivity contribution in [1.29, 1.82) is 0 Å². The third-order valence-electron chi connectivity index (χ3n) is 8.08. The molecule has 1 saturated carbocycles. The molecule has 11 heteroatoms. The van der Waals surface area contributed by atoms with Crippen LogP contribution >= 0.6 is 0 Å². The second-order valence-electron chi connectivity index (χ2n) is 10.8. The normalized spacial score (nSPS) is 21.1. The summed E-state index contributed by atoms with van der Waals surface area (Å²) in [4.78, 5) is 38.8. The summed E-state index contributed by atoms with van der Waals surface area (Å²) in [5.41, 5.74) is 0.303. The van der Waals surface area contributed by atoms with Crippen LogP contribution in [-0.4, -0.2) is 57.4 Å². The van der Waals surface area contributed by atoms with E-state index < -0.39 is 59.4 Å². The van der Waals surface area contributed by atoms with Crippen molar-refractivity contribution in [3.63, 3.8) is 0 Å². The molecular formula is C30H32F3N3O5. The molecule has 0 bridgehead atoms. The number of benzene rings is 2. The van der Waals surface area contributed by atoms with Gasteiger partial charge in [-0.3, -0.25) is 14.4 Å². The summed E-state index contributed by atoms with van der Waals surface area (Å²) in [5, 5.41) is 12.3. The molecule has 1 amide bonds. The van der Waals surface area contributed by atoms with Crippen LogP contribution in [0.2, 0.25) is 0 Å². The molecule has 1 unspecified atom stereocenters. The predicted octanol–water partition coefficient (Wildman–Crippen LogP) is 5.20. The van der Waals surface area contributed by atoms with Gasteiger partial charge in [0.05, 0.1) is 23.3 Å². The van der Waals surface area contributed by atoms with Gasteiger partial charge in [-0.2, -0.15) is 4.39 Å². The molecule has 0 spiro atoms. The van der Waals surface area contributed by atoms with E-state index in [0.29, 0.717) is 31.1 Å². The van der Waals surface area contributed by atoms with Gasteiger partial charge in [0.2, 0.25) is 5.78 Å². The summed E-state index contributed by atoms with van der Waals surface area (Å²) in [6, 6.07) is 8.74. The number of alkyl halides is 1. The number of hydrogen-bond acceptors (Lipinski definition) is 5. The number of rotatable bonds is 9. The van der Waals surface area contributed by atoms with Gasteiger partial charge in [-0.25, -0.2) is 13.7 Å². The number of anilines is 1. The van der Waals surface area contributed by atoms with Crippen LogP contribution in [0.3, 0.4) is 0 Å². The molecule has 2 fully saturated rings. The predicted molar refractivity (Wildman–Crippen MR) is 145 cm³/mol. The number of hydrogen-bond donors (Lipinski definition) is 2. The standard InChI is InChI=1S/C30H32F3N3O5/c1-35-17-22(21-6-2-3-7-26(21)35)28(38)34-25-16-23(31)19(14-24(25)32)15-27(37)30(33,36-12-4-5-13-36)41-20-10-8-18(9-11-20)29(39)40/h2-3,6-7,14,16-18,20H,4-5,8-13,15H2,1H3,(H,34,38)(H,39,40)/t18-,20-,30?. The van der Waals surface area contributed by atoms with Crippen LogP contribution in [0.15, 0.2) is 42.6 Å². The number of ether oxygens (including phenoxy) is 1. The zero-order valence-electron chi connectivity index (χ0n) is 22.7. The first-order chi connectivity index (χ1) is 19.6. The van der Waals surface area contributed by atoms with Gasteiger partial charge in [-0.1, -0.05) is 18.2 Å². The molecule has 2 N–H and O–H groups in total. The number of para-hydroxylation sites is 1. The molecule has 218 valence electrons. The van der Waals surface area contributed by atoms with Gasteiger partial charge in [-0.05, 0) is 56.2 Å². The van der Waals surface area contributed by atoms with Crippen LogP contribution in [0.1, 0.15) is 54.4 Å². The van der Waals surface area contributed by atoms with E-state index in [1.54, 1.807) is 29.9 Å². The second kappa shape index (κ2) is 11.7. The van der Waals surface area contributed by atoms with E-state index in [9.17, 15) is 19.5 Å². The number of aliphatic carboxylic acids is 1. The number of aryl methyl sites for hydroxylation is 1. The zero-order chi connectivity index (χ0) is 29.3. The molecule has 2 aliphatic rings. The Morgan fingerprint density at radius 1 is 1.05 bits per heavy atom. The fourth-order valence-electron chi connectivity index (χ4n) is 5.78. The average Bonchev–Trinajstić information content (AvgIpc) is 3.61. The number of carboxylic acid groups (broad SMARTS) is 1. The van der Waals surface area contributed by atoms with Crippen molar-refractivity contribution in [2.45, 2.75) is 57.0 Å². The maximum atomic E-state index is 16.4. The molecular weight excluding hydrogens is 539 g/mol. The van der Waals surface area contributed by atoms with Gasteiger partial charge in [0, 0.05) is 49.7 Å². The Kier molecular flexibility index (Phi) is 8.19. The number of amides is 1. The van der Waals surface area contributed by atoms with E-state index in [-0.39, 0.29) is 37.1 Å². The Morgan fingerprint density at radius 3 is 2.41 bits per heavy atom. The Morgan fingerprint density at radius 2 is 1.73 bits per heavy atom. The number of nitrogens with one attached hydrogen (secondary N) is 1. The minimum absolute atomic E-state index is 0.267. The van der Waals surface area contributed by atoms with Crippen molar-refractivity contribution in [2.24, 2.45) is 13.0 Å². The number of aromatic nitrogens is 1. The molecule has 1 aliphatic heterocycles. The molecule has 1 atom stereocenters. The van der Waals surface area contributed by atoms with Gasteiger partial charge in [0.1, 0.15) is 11.6 Å². The fourth-order valence-corrected chi connectivity index (χ4v) is 5.78. The number of likely N-dealkylation sites (tertiary alicyclic amines) is 1. The molecule has 41 heavy (non-hydrogen) atoms. The Labute approximate surface area is 235 Å². The van der Waals surface area contributed by atoms with Crippen LogP contribution in [0.5, 0.6) is 0 Å². The first-order valence-corrected chi connectivity index (χ1v) is 13.8. The van der Waals surface area contributed by atoms with Crippen molar-refractivity contribution in [3.05, 3.63) is 65.4 Å². The largest absolute Gasteiger partial charge is 0.481 e. The van der Waals surface area contributed by atoms with Gasteiger partial charge >= 0.3 is 11.9 Å². The Balaban J connectivity index is 1.32. The number of fused-ring (bicyclic) bond motifs is 1. The minimum Gasteiger partial charge on any atom is -0.481 e. The number of carbonyl (C=O) groups excluding carboxylic acids is 2. The first-order valence-electron chi connectivity index (χ1n) is 13.8. The summed E-state index contributed by atoms with van der Waals surface area (Å²) in [7, 11) is 1.77. The average molecular weight is 572 g/mol. The van der Waals surface area contributed by atoms with E-state index in [1.165, 1.54) is 4.90 Å². The lowest BCUT2D eigenvalue weighted by molar-refractivity contribution is -0.252. The number of ketones is 1. The van der Waals surface area contributed by atoms with Gasteiger partial charge in [0.15, 0.2) is 0 Å². The molecule has 2 aromatic carbocycles. The third kappa shape index (κ3) is 5.87. The number of carbonyl (C=O) groups is 3. The van der Waals surface area contributed by atoms with E-state index in [1.807, 2.05) is 12.1 Å². The summed E-state index contributed by atoms with van der Waals surface area (Å²) in [5.74, 6) is -7.94. The van der Waals surface area contributed by atoms with E-state index in [2.05, 4.69) is 5.32 Å². The lowest BCUT2D eigenvalue weighted by Crippen LogP contribution is -2.54. The highest BCUT2D eigenvalue weighted by atomic mass is 19.2. The summed E-state index contributed by atoms with van der Waals surface area (Å²) in [6.45, 7) is 0.533. The maximum Gasteiger partial charge on any atom is 0.330 e. The highest BCUT2D eigenvalue weighted by Gasteiger charge is 2.49. The zero-order valence-corrected chi connectivity index (χ0v) is 22.7. The van der Waals surface area contributed by atoms with E-state index >= 15 is 13.2 Å². The number of carboxylic acids is 1. The van der Waals surface area contributed by atoms with Crippen molar-refractivity contribution in [2.75, 3.05) is 18.4 Å². The second-order valence-corrected chi connectivity index (χ2v) is 10.8. The van der Waals surface area contributed by atoms with Crippen molar-refractivity contribution in [1.82, 2.24) is 9.47 Å². The molecule has 2 heterocycles. The van der Waals surface area contributed by atoms with Crippen LogP contribution < -0.4 is 5.32 Å². The van der Waals surface area contributed by atoms with Crippen molar-refractivity contribution < 1.29 is 37.4 Å². The van der Waals surface area contributed by atoms with Crippen molar-refractivity contribution >= 4 is 34.3 Å². The van der Waals surface area contributed by atoms with Crippen LogP contribution in [0.4, 0.5) is 18.9 Å². The fraction of sp³-hybridized carbons (Fsp3) is 0.433. The monoisotopic (exact) mass is 571 g/mol. The summed E-state index contributed by atoms with van der Waals surface area (Å²) >= 11 is 0. The van der Waals surface area contributed by atoms with Crippen molar-refractivity contribution in [3.8, 4) is 0 Å². The lowest BCUT2D eigenvalue weighted by atomic mass is 9.87. The summed E-state index contributed by atoms with van der Waals surface area (Å²) < 4.78 is 54.0. The van der Waals surface area contributed by atoms with Gasteiger partial charge in [0.25, 0.3) is 5.91 Å². The summed E-state index contributed by atoms with van der Waals surface area (Å²) in [6.07, 6.45) is 2.62. The smallest absolute Gasteiger partial charge is 0.330 e. The highest BCUT2D eigenvalue weighted by molar-refractivity contribution is 6.13. The van der Waals surface area contributed by atoms with Crippen LogP contribution in [-0.2, 0) is 27.8 Å². The molecule has 0 radical (unpaired) electrons. The SMILES string of the molecule is Cn1cc(C(=O)Nc2cc(F)c(CC(=O)C(F)(O[C@H]3CC[C@H](C(=O)O)CC3)N3CCCC3)cc2F)c2ccccc21. The molecule has 1 aliphatic carbocycles. The molecule has 5 rings (SSSR count). The quantitative estimate of drug-likeness (QED) is 0.343. The molecule has 1 aromatic heterocycles. The van der Waals surface area contributed by atoms with Gasteiger partial charge in [-0.15, -0.1) is 0 Å². The molecule has 1 saturated heterocycles. The topological polar surface area (TPSA) is 101 Å². The number of Topliss-reactive ketones (excluding diaryl/α,β-unsaturated/α-hetero) is 1. The van der Waals surface area contributed by atoms with E-state index in [4.69, 9.17) is 4.74 Å². The minimum atomic E-state index is -2.85. The maximum absolute atomic E-state index is 16.4. The third-order valence-corrected chi connectivity index (χ3v) is 8.08. The van der Waals surface area contributed by atoms with E-state index in [0.717, 1.165) is 17.6 Å². The van der Waals surface area contributed by atoms with Crippen LogP contribution in [0.25, 0.3) is 10.9 Å². The number of nitrogens with zero attached hydrogens (tertiary/aromatic N) is 2. The van der Waals surface area contributed by atoms with Crippen LogP contribution in [0, 0.1) is 17.6 Å². The Hall–Kier alpha value is -3.70. The Bertz CT molecular complexity index is 1480. The number of halogens is 3. The highest BCUT2D eigenvalue weighted by Crippen LogP contribution is 2.35. The van der Waals surface area contributed by atoms with Gasteiger partial charge < -0.3 is 19.7 Å². The molecule has 8 nitrogen and oxygen atoms in total. The lowest BCUT2D eigenvalue weighted by Gasteiger charge is -2.37. The molecule has 3 aromatic rings.